The lowest BCUT2D eigenvalue weighted by Crippen LogP contribution is -2.30. The number of benzene rings is 2. The standard InChI is InChI=1S/C37H38FN7O3/c1-3-33(46)40-28-15-10-16-30(21-28)45-25-39-34-35(44(23-26-11-6-4-7-12-26)24-27-13-8-5-9-14-27)42-37(43-36(34)45)41-29-17-18-32(31(38)22-29)48-20-19-47-2/h3-8,10-13,15-18,21,25,31-32H,1,9,14,19-20,22-24H2,2H3,(H,40,46). The normalized spacial score (nSPS) is 18.2. The molecule has 2 aliphatic carbocycles. The fourth-order valence-corrected chi connectivity index (χ4v) is 5.65. The van der Waals surface area contributed by atoms with Crippen molar-refractivity contribution in [3.8, 4) is 5.69 Å². The minimum absolute atomic E-state index is 0.0577. The first-order valence-corrected chi connectivity index (χ1v) is 15.9. The number of rotatable bonds is 13. The summed E-state index contributed by atoms with van der Waals surface area (Å²) < 4.78 is 27.7. The van der Waals surface area contributed by atoms with Crippen molar-refractivity contribution >= 4 is 40.2 Å². The molecule has 0 radical (unpaired) electrons. The number of hydrogen-bond acceptors (Lipinski definition) is 8. The summed E-state index contributed by atoms with van der Waals surface area (Å²) in [5.74, 6) is 0.495. The third-order valence-electron chi connectivity index (χ3n) is 8.03. The second-order valence-electron chi connectivity index (χ2n) is 11.5. The van der Waals surface area contributed by atoms with E-state index in [-0.39, 0.29) is 18.3 Å². The molecule has 246 valence electrons. The zero-order chi connectivity index (χ0) is 33.3. The summed E-state index contributed by atoms with van der Waals surface area (Å²) in [5, 5.41) is 2.81. The fraction of sp³-hybridized carbons (Fsp3) is 0.270. The van der Waals surface area contributed by atoms with Gasteiger partial charge in [-0.3, -0.25) is 9.36 Å². The lowest BCUT2D eigenvalue weighted by molar-refractivity contribution is -0.111. The Balaban J connectivity index is 1.45. The highest BCUT2D eigenvalue weighted by atomic mass is 19.1. The third-order valence-corrected chi connectivity index (χ3v) is 8.03. The van der Waals surface area contributed by atoms with Gasteiger partial charge in [-0.1, -0.05) is 72.9 Å². The highest BCUT2D eigenvalue weighted by Crippen LogP contribution is 2.31. The fourth-order valence-electron chi connectivity index (χ4n) is 5.65. The Kier molecular flexibility index (Phi) is 10.6. The van der Waals surface area contributed by atoms with Gasteiger partial charge in [0.25, 0.3) is 5.95 Å². The second-order valence-corrected chi connectivity index (χ2v) is 11.5. The Morgan fingerprint density at radius 3 is 2.81 bits per heavy atom. The van der Waals surface area contributed by atoms with Crippen molar-refractivity contribution in [2.45, 2.75) is 38.1 Å². The van der Waals surface area contributed by atoms with Crippen molar-refractivity contribution in [2.75, 3.05) is 37.1 Å². The molecule has 2 unspecified atom stereocenters. The van der Waals surface area contributed by atoms with Crippen LogP contribution in [0.3, 0.4) is 0 Å². The van der Waals surface area contributed by atoms with Gasteiger partial charge in [-0.25, -0.2) is 14.4 Å². The van der Waals surface area contributed by atoms with Crippen molar-refractivity contribution < 1.29 is 18.7 Å². The number of anilines is 2. The van der Waals surface area contributed by atoms with Crippen LogP contribution in [-0.4, -0.2) is 70.3 Å². The molecule has 11 heteroatoms. The highest BCUT2D eigenvalue weighted by molar-refractivity contribution is 5.99. The maximum Gasteiger partial charge on any atom is 0.253 e. The van der Waals surface area contributed by atoms with Gasteiger partial charge in [-0.2, -0.15) is 9.97 Å². The van der Waals surface area contributed by atoms with E-state index in [2.05, 4.69) is 47.2 Å². The molecule has 2 aromatic heterocycles. The van der Waals surface area contributed by atoms with Crippen LogP contribution in [0.1, 0.15) is 24.8 Å². The molecule has 6 rings (SSSR count). The highest BCUT2D eigenvalue weighted by Gasteiger charge is 2.26. The maximum absolute atomic E-state index is 15.2. The topological polar surface area (TPSA) is 107 Å². The summed E-state index contributed by atoms with van der Waals surface area (Å²) in [6.45, 7) is 5.43. The number of nitrogens with zero attached hydrogens (tertiary/aromatic N) is 6. The third kappa shape index (κ3) is 7.99. The number of halogens is 1. The van der Waals surface area contributed by atoms with E-state index in [9.17, 15) is 4.79 Å². The molecule has 0 saturated carbocycles. The van der Waals surface area contributed by atoms with Gasteiger partial charge in [0.15, 0.2) is 17.0 Å². The quantitative estimate of drug-likeness (QED) is 0.128. The Bertz CT molecular complexity index is 1880. The van der Waals surface area contributed by atoms with Gasteiger partial charge in [0.2, 0.25) is 5.91 Å². The average Bonchev–Trinajstić information content (AvgIpc) is 3.54. The van der Waals surface area contributed by atoms with Gasteiger partial charge in [0.1, 0.15) is 18.6 Å². The molecule has 1 amide bonds. The van der Waals surface area contributed by atoms with Crippen LogP contribution in [-0.2, 0) is 20.8 Å². The molecule has 0 saturated heterocycles. The first kappa shape index (κ1) is 32.7. The van der Waals surface area contributed by atoms with E-state index in [0.29, 0.717) is 54.7 Å². The first-order valence-electron chi connectivity index (χ1n) is 15.9. The molecule has 2 aromatic carbocycles. The number of allylic oxidation sites excluding steroid dienone is 4. The van der Waals surface area contributed by atoms with Gasteiger partial charge >= 0.3 is 0 Å². The van der Waals surface area contributed by atoms with Crippen molar-refractivity contribution in [1.82, 2.24) is 19.5 Å². The number of hydrogen-bond donors (Lipinski definition) is 1. The van der Waals surface area contributed by atoms with E-state index in [4.69, 9.17) is 29.4 Å². The van der Waals surface area contributed by atoms with Gasteiger partial charge < -0.3 is 19.7 Å². The molecule has 4 aromatic rings. The average molecular weight is 648 g/mol. The van der Waals surface area contributed by atoms with Crippen LogP contribution in [0.25, 0.3) is 16.9 Å². The van der Waals surface area contributed by atoms with Gasteiger partial charge in [0.05, 0.1) is 18.9 Å². The van der Waals surface area contributed by atoms with E-state index in [0.717, 1.165) is 24.1 Å². The number of aliphatic imine (C=N–C) groups is 1. The molecular weight excluding hydrogens is 609 g/mol. The molecule has 2 aliphatic rings. The number of amides is 1. The minimum Gasteiger partial charge on any atom is -0.382 e. The van der Waals surface area contributed by atoms with Crippen LogP contribution in [0.15, 0.2) is 115 Å². The summed E-state index contributed by atoms with van der Waals surface area (Å²) in [7, 11) is 1.58. The summed E-state index contributed by atoms with van der Waals surface area (Å²) in [6, 6.07) is 17.6. The Hall–Kier alpha value is -5.26. The van der Waals surface area contributed by atoms with Crippen molar-refractivity contribution in [1.29, 1.82) is 0 Å². The van der Waals surface area contributed by atoms with Crippen LogP contribution in [0, 0.1) is 0 Å². The molecule has 0 fully saturated rings. The van der Waals surface area contributed by atoms with Crippen molar-refractivity contribution in [2.24, 2.45) is 4.99 Å². The molecular formula is C37H38FN7O3. The second kappa shape index (κ2) is 15.6. The predicted octanol–water partition coefficient (Wildman–Crippen LogP) is 6.63. The molecule has 0 aliphatic heterocycles. The smallest absolute Gasteiger partial charge is 0.253 e. The molecule has 2 atom stereocenters. The van der Waals surface area contributed by atoms with Crippen LogP contribution in [0.4, 0.5) is 21.8 Å². The summed E-state index contributed by atoms with van der Waals surface area (Å²) in [5.41, 5.74) is 5.35. The SMILES string of the molecule is C=CC(=O)Nc1cccc(-n2cnc3c(N(CC4=CC=CCC4)Cc4ccccc4)nc(N=C4C=CC(OCCOC)C(F)C4)nc32)c1. The van der Waals surface area contributed by atoms with Crippen molar-refractivity contribution in [3.05, 3.63) is 115 Å². The number of methoxy groups -OCH3 is 1. The predicted molar refractivity (Wildman–Crippen MR) is 187 cm³/mol. The van der Waals surface area contributed by atoms with Crippen LogP contribution >= 0.6 is 0 Å². The number of carbonyl (C=O) groups excluding carboxylic acids is 1. The largest absolute Gasteiger partial charge is 0.382 e. The van der Waals surface area contributed by atoms with Gasteiger partial charge in [-0.05, 0) is 48.8 Å². The number of nitrogens with one attached hydrogen (secondary N) is 1. The van der Waals surface area contributed by atoms with Crippen LogP contribution in [0.2, 0.25) is 0 Å². The number of alkyl halides is 1. The van der Waals surface area contributed by atoms with E-state index in [1.54, 1.807) is 31.7 Å². The molecule has 2 heterocycles. The molecule has 0 bridgehead atoms. The first-order chi connectivity index (χ1) is 23.5. The summed E-state index contributed by atoms with van der Waals surface area (Å²) in [6.07, 6.45) is 12.8. The van der Waals surface area contributed by atoms with Gasteiger partial charge in [0, 0.05) is 38.0 Å². The number of imidazole rings is 1. The van der Waals surface area contributed by atoms with Crippen molar-refractivity contribution in [3.63, 3.8) is 0 Å². The number of carbonyl (C=O) groups is 1. The Morgan fingerprint density at radius 1 is 1.17 bits per heavy atom. The Labute approximate surface area is 279 Å². The molecule has 0 spiro atoms. The summed E-state index contributed by atoms with van der Waals surface area (Å²) in [4.78, 5) is 33.6. The molecule has 48 heavy (non-hydrogen) atoms. The van der Waals surface area contributed by atoms with E-state index >= 15 is 4.39 Å². The lowest BCUT2D eigenvalue weighted by Gasteiger charge is -2.26. The lowest BCUT2D eigenvalue weighted by atomic mass is 10.0. The Morgan fingerprint density at radius 2 is 2.04 bits per heavy atom. The summed E-state index contributed by atoms with van der Waals surface area (Å²) >= 11 is 0. The van der Waals surface area contributed by atoms with E-state index in [1.807, 2.05) is 41.0 Å². The number of ether oxygens (including phenoxy) is 2. The maximum atomic E-state index is 15.2. The zero-order valence-electron chi connectivity index (χ0n) is 26.8. The zero-order valence-corrected chi connectivity index (χ0v) is 26.8. The minimum atomic E-state index is -1.27. The van der Waals surface area contributed by atoms with Crippen LogP contribution in [0.5, 0.6) is 0 Å². The molecule has 1 N–H and O–H groups in total. The van der Waals surface area contributed by atoms with E-state index in [1.165, 1.54) is 11.6 Å². The van der Waals surface area contributed by atoms with E-state index < -0.39 is 12.3 Å². The molecule has 10 nitrogen and oxygen atoms in total. The van der Waals surface area contributed by atoms with Gasteiger partial charge in [-0.15, -0.1) is 0 Å². The monoisotopic (exact) mass is 647 g/mol. The van der Waals surface area contributed by atoms with Crippen LogP contribution < -0.4 is 10.2 Å². The number of fused-ring (bicyclic) bond motifs is 1. The number of aromatic nitrogens is 4.